The van der Waals surface area contributed by atoms with Crippen LogP contribution in [0.4, 0.5) is 5.69 Å². The molecule has 2 bridgehead atoms. The molecule has 5 heteroatoms. The summed E-state index contributed by atoms with van der Waals surface area (Å²) in [5.74, 6) is 0.921. The molecule has 23 heavy (non-hydrogen) atoms. The van der Waals surface area contributed by atoms with Crippen molar-refractivity contribution in [2.24, 2.45) is 5.92 Å². The Bertz CT molecular complexity index is 870. The lowest BCUT2D eigenvalue weighted by molar-refractivity contribution is 0.553. The lowest BCUT2D eigenvalue weighted by Gasteiger charge is -2.29. The van der Waals surface area contributed by atoms with Crippen molar-refractivity contribution < 1.29 is 0 Å². The second-order valence-corrected chi connectivity index (χ2v) is 7.49. The summed E-state index contributed by atoms with van der Waals surface area (Å²) in [6.07, 6.45) is 9.88. The molecule has 1 saturated carbocycles. The molecule has 4 nitrogen and oxygen atoms in total. The van der Waals surface area contributed by atoms with Gasteiger partial charge in [0.2, 0.25) is 0 Å². The van der Waals surface area contributed by atoms with E-state index in [2.05, 4.69) is 55.2 Å². The second kappa shape index (κ2) is 5.06. The normalized spacial score (nSPS) is 23.1. The van der Waals surface area contributed by atoms with E-state index in [9.17, 15) is 0 Å². The highest BCUT2D eigenvalue weighted by molar-refractivity contribution is 9.10. The number of anilines is 1. The molecular formula is C18H17BrN4. The Labute approximate surface area is 143 Å². The molecule has 2 aromatic heterocycles. The van der Waals surface area contributed by atoms with E-state index in [0.29, 0.717) is 0 Å². The Morgan fingerprint density at radius 2 is 1.91 bits per heavy atom. The Morgan fingerprint density at radius 3 is 2.65 bits per heavy atom. The van der Waals surface area contributed by atoms with Gasteiger partial charge in [-0.2, -0.15) is 5.10 Å². The summed E-state index contributed by atoms with van der Waals surface area (Å²) in [6, 6.07) is 9.66. The number of nitrogens with zero attached hydrogens (tertiary/aromatic N) is 4. The molecule has 1 saturated heterocycles. The quantitative estimate of drug-likeness (QED) is 0.681. The van der Waals surface area contributed by atoms with Crippen LogP contribution >= 0.6 is 15.9 Å². The Hall–Kier alpha value is -1.88. The summed E-state index contributed by atoms with van der Waals surface area (Å²) >= 11 is 3.46. The Morgan fingerprint density at radius 1 is 1.04 bits per heavy atom. The van der Waals surface area contributed by atoms with Crippen LogP contribution in [0.5, 0.6) is 0 Å². The van der Waals surface area contributed by atoms with E-state index in [1.54, 1.807) is 6.20 Å². The van der Waals surface area contributed by atoms with Crippen LogP contribution in [0.1, 0.15) is 19.3 Å². The predicted molar refractivity (Wildman–Crippen MR) is 94.6 cm³/mol. The van der Waals surface area contributed by atoms with Crippen LogP contribution in [0.25, 0.3) is 16.8 Å². The number of aromatic nitrogens is 3. The molecular weight excluding hydrogens is 352 g/mol. The minimum atomic E-state index is 0.769. The van der Waals surface area contributed by atoms with Crippen LogP contribution in [0.3, 0.4) is 0 Å². The second-order valence-electron chi connectivity index (χ2n) is 6.64. The summed E-state index contributed by atoms with van der Waals surface area (Å²) in [4.78, 5) is 7.08. The van der Waals surface area contributed by atoms with Gasteiger partial charge >= 0.3 is 0 Å². The number of fused-ring (bicyclic) bond motifs is 3. The van der Waals surface area contributed by atoms with Crippen molar-refractivity contribution in [3.63, 3.8) is 0 Å². The lowest BCUT2D eigenvalue weighted by Crippen LogP contribution is -2.31. The summed E-state index contributed by atoms with van der Waals surface area (Å²) in [6.45, 7) is 1.23. The van der Waals surface area contributed by atoms with Gasteiger partial charge in [-0.15, -0.1) is 0 Å². The van der Waals surface area contributed by atoms with Crippen LogP contribution in [0, 0.1) is 5.92 Å². The van der Waals surface area contributed by atoms with E-state index >= 15 is 0 Å². The monoisotopic (exact) mass is 368 g/mol. The minimum absolute atomic E-state index is 0.769. The minimum Gasteiger partial charge on any atom is -0.368 e. The Kier molecular flexibility index (Phi) is 2.98. The highest BCUT2D eigenvalue weighted by Gasteiger charge is 2.37. The van der Waals surface area contributed by atoms with Crippen molar-refractivity contribution in [2.75, 3.05) is 11.4 Å². The molecule has 2 fully saturated rings. The number of hydrogen-bond donors (Lipinski definition) is 0. The van der Waals surface area contributed by atoms with Crippen molar-refractivity contribution in [1.82, 2.24) is 14.6 Å². The third kappa shape index (κ3) is 2.17. The fraction of sp³-hybridized carbons (Fsp3) is 0.333. The molecule has 0 amide bonds. The molecule has 3 heterocycles. The molecule has 0 N–H and O–H groups in total. The molecule has 0 spiro atoms. The molecule has 1 aliphatic carbocycles. The molecule has 2 aliphatic rings. The number of rotatable bonds is 2. The van der Waals surface area contributed by atoms with E-state index in [0.717, 1.165) is 27.6 Å². The van der Waals surface area contributed by atoms with E-state index in [4.69, 9.17) is 0 Å². The van der Waals surface area contributed by atoms with Crippen LogP contribution in [0.2, 0.25) is 0 Å². The first-order valence-electron chi connectivity index (χ1n) is 8.14. The number of benzene rings is 1. The first kappa shape index (κ1) is 13.5. The van der Waals surface area contributed by atoms with Crippen LogP contribution in [-0.2, 0) is 0 Å². The van der Waals surface area contributed by atoms with Gasteiger partial charge in [-0.25, -0.2) is 9.50 Å². The van der Waals surface area contributed by atoms with E-state index < -0.39 is 0 Å². The molecule has 0 radical (unpaired) electrons. The van der Waals surface area contributed by atoms with Crippen molar-refractivity contribution in [3.05, 3.63) is 47.3 Å². The van der Waals surface area contributed by atoms with Crippen molar-refractivity contribution in [3.8, 4) is 11.1 Å². The van der Waals surface area contributed by atoms with E-state index in [-0.39, 0.29) is 0 Å². The van der Waals surface area contributed by atoms with Gasteiger partial charge in [0.25, 0.3) is 0 Å². The van der Waals surface area contributed by atoms with Gasteiger partial charge < -0.3 is 4.90 Å². The maximum atomic E-state index is 4.49. The predicted octanol–water partition coefficient (Wildman–Crippen LogP) is 4.15. The van der Waals surface area contributed by atoms with Gasteiger partial charge in [0.1, 0.15) is 0 Å². The van der Waals surface area contributed by atoms with Gasteiger partial charge in [-0.1, -0.05) is 12.1 Å². The average molecular weight is 369 g/mol. The molecule has 2 atom stereocenters. The summed E-state index contributed by atoms with van der Waals surface area (Å²) in [5, 5.41) is 4.31. The lowest BCUT2D eigenvalue weighted by atomic mass is 10.1. The first-order valence-corrected chi connectivity index (χ1v) is 8.93. The third-order valence-electron chi connectivity index (χ3n) is 5.25. The zero-order chi connectivity index (χ0) is 15.4. The van der Waals surface area contributed by atoms with Crippen LogP contribution in [-0.4, -0.2) is 27.2 Å². The first-order chi connectivity index (χ1) is 11.3. The van der Waals surface area contributed by atoms with Gasteiger partial charge in [-0.3, -0.25) is 0 Å². The van der Waals surface area contributed by atoms with Gasteiger partial charge in [0, 0.05) is 36.2 Å². The van der Waals surface area contributed by atoms with Gasteiger partial charge in [0.05, 0.1) is 10.7 Å². The number of hydrogen-bond acceptors (Lipinski definition) is 3. The molecule has 3 aromatic rings. The highest BCUT2D eigenvalue weighted by atomic mass is 79.9. The van der Waals surface area contributed by atoms with Crippen molar-refractivity contribution >= 4 is 27.3 Å². The molecule has 1 aliphatic heterocycles. The number of halogens is 1. The Balaban J connectivity index is 1.46. The van der Waals surface area contributed by atoms with Crippen LogP contribution < -0.4 is 4.90 Å². The zero-order valence-corrected chi connectivity index (χ0v) is 14.3. The van der Waals surface area contributed by atoms with E-state index in [1.807, 2.05) is 16.9 Å². The maximum absolute atomic E-state index is 4.49. The maximum Gasteiger partial charge on any atom is 0.169 e. The SMILES string of the molecule is Brc1cnn2cc(-c3ccc(N4C[C@H]5CC[C@@H]4C5)cc3)cnc12. The van der Waals surface area contributed by atoms with E-state index in [1.165, 1.54) is 37.1 Å². The van der Waals surface area contributed by atoms with Gasteiger partial charge in [0.15, 0.2) is 5.65 Å². The summed E-state index contributed by atoms with van der Waals surface area (Å²) < 4.78 is 2.73. The summed E-state index contributed by atoms with van der Waals surface area (Å²) in [5.41, 5.74) is 4.47. The molecule has 5 rings (SSSR count). The largest absolute Gasteiger partial charge is 0.368 e. The highest BCUT2D eigenvalue weighted by Crippen LogP contribution is 2.40. The summed E-state index contributed by atoms with van der Waals surface area (Å²) in [7, 11) is 0. The van der Waals surface area contributed by atoms with Crippen molar-refractivity contribution in [2.45, 2.75) is 25.3 Å². The zero-order valence-electron chi connectivity index (χ0n) is 12.7. The smallest absolute Gasteiger partial charge is 0.169 e. The molecule has 116 valence electrons. The van der Waals surface area contributed by atoms with Gasteiger partial charge in [-0.05, 0) is 58.8 Å². The molecule has 0 unspecified atom stereocenters. The average Bonchev–Trinajstić information content (AvgIpc) is 3.31. The molecule has 1 aromatic carbocycles. The third-order valence-corrected chi connectivity index (χ3v) is 5.81. The fourth-order valence-corrected chi connectivity index (χ4v) is 4.46. The van der Waals surface area contributed by atoms with Crippen LogP contribution in [0.15, 0.2) is 47.3 Å². The number of piperidine rings is 1. The van der Waals surface area contributed by atoms with Crippen molar-refractivity contribution in [1.29, 1.82) is 0 Å². The fourth-order valence-electron chi connectivity index (χ4n) is 4.08. The standard InChI is InChI=1S/C18H17BrN4/c19-17-9-21-23-11-14(8-20-18(17)23)13-2-5-15(6-3-13)22-10-12-1-4-16(22)7-12/h2-3,5-6,8-9,11-12,16H,1,4,7,10H2/t12-,16+/m0/s1. The topological polar surface area (TPSA) is 33.4 Å².